The molecule has 0 aliphatic heterocycles. The molecule has 0 saturated heterocycles. The molecule has 0 amide bonds. The highest BCUT2D eigenvalue weighted by atomic mass is 16.5. The van der Waals surface area contributed by atoms with Gasteiger partial charge in [-0.25, -0.2) is 0 Å². The smallest absolute Gasteiger partial charge is 0.119 e. The van der Waals surface area contributed by atoms with Crippen LogP contribution in [0.15, 0.2) is 48.5 Å². The maximum atomic E-state index is 5.27. The zero-order chi connectivity index (χ0) is 14.4. The molecule has 0 aromatic heterocycles. The van der Waals surface area contributed by atoms with Crippen LogP contribution in [-0.4, -0.2) is 7.11 Å². The topological polar surface area (TPSA) is 21.3 Å². The van der Waals surface area contributed by atoms with Gasteiger partial charge in [-0.15, -0.1) is 0 Å². The van der Waals surface area contributed by atoms with E-state index < -0.39 is 0 Å². The highest BCUT2D eigenvalue weighted by Gasteiger charge is 2.05. The van der Waals surface area contributed by atoms with E-state index in [1.165, 1.54) is 16.7 Å². The van der Waals surface area contributed by atoms with E-state index in [2.05, 4.69) is 55.6 Å². The summed E-state index contributed by atoms with van der Waals surface area (Å²) >= 11 is 0. The summed E-state index contributed by atoms with van der Waals surface area (Å²) in [6.45, 7) is 5.23. The third-order valence-electron chi connectivity index (χ3n) is 3.64. The van der Waals surface area contributed by atoms with Gasteiger partial charge in [0.25, 0.3) is 0 Å². The second-order valence-corrected chi connectivity index (χ2v) is 5.05. The lowest BCUT2D eigenvalue weighted by Crippen LogP contribution is -2.18. The summed E-state index contributed by atoms with van der Waals surface area (Å²) in [4.78, 5) is 0. The summed E-state index contributed by atoms with van der Waals surface area (Å²) in [5.74, 6) is 0.906. The minimum atomic E-state index is 0.302. The zero-order valence-electron chi connectivity index (χ0n) is 12.5. The summed E-state index contributed by atoms with van der Waals surface area (Å²) in [7, 11) is 1.70. The number of aryl methyl sites for hydroxylation is 1. The quantitative estimate of drug-likeness (QED) is 0.852. The van der Waals surface area contributed by atoms with Crippen molar-refractivity contribution < 1.29 is 4.74 Å². The standard InChI is InChI=1S/C18H23NO/c1-4-15-8-10-16(11-9-15)13-19-14(2)17-6-5-7-18(12-17)20-3/h5-12,14,19H,4,13H2,1-3H3. The van der Waals surface area contributed by atoms with Gasteiger partial charge in [0.2, 0.25) is 0 Å². The Balaban J connectivity index is 1.95. The van der Waals surface area contributed by atoms with Crippen LogP contribution in [0.1, 0.15) is 36.6 Å². The number of hydrogen-bond donors (Lipinski definition) is 1. The van der Waals surface area contributed by atoms with Gasteiger partial charge < -0.3 is 10.1 Å². The van der Waals surface area contributed by atoms with Gasteiger partial charge in [0.15, 0.2) is 0 Å². The van der Waals surface area contributed by atoms with Crippen LogP contribution < -0.4 is 10.1 Å². The fourth-order valence-corrected chi connectivity index (χ4v) is 2.19. The summed E-state index contributed by atoms with van der Waals surface area (Å²) in [6.07, 6.45) is 1.09. The molecule has 0 bridgehead atoms. The van der Waals surface area contributed by atoms with Crippen LogP contribution >= 0.6 is 0 Å². The van der Waals surface area contributed by atoms with Crippen molar-refractivity contribution in [2.75, 3.05) is 7.11 Å². The first-order valence-electron chi connectivity index (χ1n) is 7.18. The van der Waals surface area contributed by atoms with E-state index in [0.29, 0.717) is 6.04 Å². The molecular formula is C18H23NO. The molecule has 106 valence electrons. The number of ether oxygens (including phenoxy) is 1. The van der Waals surface area contributed by atoms with Crippen molar-refractivity contribution in [2.45, 2.75) is 32.9 Å². The van der Waals surface area contributed by atoms with Crippen molar-refractivity contribution in [3.63, 3.8) is 0 Å². The molecule has 0 aliphatic carbocycles. The van der Waals surface area contributed by atoms with Gasteiger partial charge in [-0.1, -0.05) is 43.3 Å². The lowest BCUT2D eigenvalue weighted by Gasteiger charge is -2.15. The average Bonchev–Trinajstić information content (AvgIpc) is 2.53. The van der Waals surface area contributed by atoms with Gasteiger partial charge in [-0.3, -0.25) is 0 Å². The Kier molecular flexibility index (Phi) is 5.19. The predicted octanol–water partition coefficient (Wildman–Crippen LogP) is 4.11. The molecule has 0 fully saturated rings. The average molecular weight is 269 g/mol. The molecular weight excluding hydrogens is 246 g/mol. The second kappa shape index (κ2) is 7.11. The van der Waals surface area contributed by atoms with E-state index in [4.69, 9.17) is 4.74 Å². The predicted molar refractivity (Wildman–Crippen MR) is 84.1 cm³/mol. The zero-order valence-corrected chi connectivity index (χ0v) is 12.5. The summed E-state index contributed by atoms with van der Waals surface area (Å²) in [5.41, 5.74) is 3.95. The highest BCUT2D eigenvalue weighted by molar-refractivity contribution is 5.30. The minimum absolute atomic E-state index is 0.302. The Hall–Kier alpha value is -1.80. The molecule has 2 aromatic rings. The van der Waals surface area contributed by atoms with Crippen LogP contribution in [0.3, 0.4) is 0 Å². The van der Waals surface area contributed by atoms with Crippen LogP contribution in [0, 0.1) is 0 Å². The van der Waals surface area contributed by atoms with Crippen molar-refractivity contribution in [3.8, 4) is 5.75 Å². The van der Waals surface area contributed by atoms with Gasteiger partial charge in [-0.2, -0.15) is 0 Å². The number of nitrogens with one attached hydrogen (secondary N) is 1. The fraction of sp³-hybridized carbons (Fsp3) is 0.333. The largest absolute Gasteiger partial charge is 0.497 e. The van der Waals surface area contributed by atoms with Gasteiger partial charge in [0, 0.05) is 12.6 Å². The minimum Gasteiger partial charge on any atom is -0.497 e. The summed E-state index contributed by atoms with van der Waals surface area (Å²) in [5, 5.41) is 3.55. The lowest BCUT2D eigenvalue weighted by molar-refractivity contribution is 0.413. The molecule has 2 aromatic carbocycles. The maximum Gasteiger partial charge on any atom is 0.119 e. The third kappa shape index (κ3) is 3.84. The first-order valence-corrected chi connectivity index (χ1v) is 7.18. The van der Waals surface area contributed by atoms with E-state index >= 15 is 0 Å². The molecule has 0 heterocycles. The van der Waals surface area contributed by atoms with Crippen LogP contribution in [-0.2, 0) is 13.0 Å². The van der Waals surface area contributed by atoms with Crippen molar-refractivity contribution in [1.29, 1.82) is 0 Å². The van der Waals surface area contributed by atoms with E-state index in [1.807, 2.05) is 12.1 Å². The number of benzene rings is 2. The SMILES string of the molecule is CCc1ccc(CNC(C)c2cccc(OC)c2)cc1. The number of hydrogen-bond acceptors (Lipinski definition) is 2. The molecule has 2 rings (SSSR count). The Morgan fingerprint density at radius 2 is 1.75 bits per heavy atom. The Labute approximate surface area is 121 Å². The number of methoxy groups -OCH3 is 1. The molecule has 0 spiro atoms. The Morgan fingerprint density at radius 3 is 2.40 bits per heavy atom. The van der Waals surface area contributed by atoms with E-state index in [9.17, 15) is 0 Å². The summed E-state index contributed by atoms with van der Waals surface area (Å²) < 4.78 is 5.27. The molecule has 1 unspecified atom stereocenters. The molecule has 1 N–H and O–H groups in total. The first kappa shape index (κ1) is 14.6. The molecule has 20 heavy (non-hydrogen) atoms. The van der Waals surface area contributed by atoms with Crippen molar-refractivity contribution in [3.05, 3.63) is 65.2 Å². The van der Waals surface area contributed by atoms with Gasteiger partial charge >= 0.3 is 0 Å². The van der Waals surface area contributed by atoms with E-state index in [0.717, 1.165) is 18.7 Å². The van der Waals surface area contributed by atoms with Crippen LogP contribution in [0.5, 0.6) is 5.75 Å². The normalized spacial score (nSPS) is 12.2. The second-order valence-electron chi connectivity index (χ2n) is 5.05. The Bertz CT molecular complexity index is 533. The lowest BCUT2D eigenvalue weighted by atomic mass is 10.1. The summed E-state index contributed by atoms with van der Waals surface area (Å²) in [6, 6.07) is 17.3. The van der Waals surface area contributed by atoms with Crippen LogP contribution in [0.25, 0.3) is 0 Å². The molecule has 0 radical (unpaired) electrons. The van der Waals surface area contributed by atoms with Crippen molar-refractivity contribution in [2.24, 2.45) is 0 Å². The first-order chi connectivity index (χ1) is 9.72. The van der Waals surface area contributed by atoms with Crippen LogP contribution in [0.2, 0.25) is 0 Å². The molecule has 0 aliphatic rings. The molecule has 2 nitrogen and oxygen atoms in total. The van der Waals surface area contributed by atoms with Crippen molar-refractivity contribution in [1.82, 2.24) is 5.32 Å². The van der Waals surface area contributed by atoms with Crippen molar-refractivity contribution >= 4 is 0 Å². The van der Waals surface area contributed by atoms with Gasteiger partial charge in [0.05, 0.1) is 7.11 Å². The highest BCUT2D eigenvalue weighted by Crippen LogP contribution is 2.19. The fourth-order valence-electron chi connectivity index (χ4n) is 2.19. The molecule has 0 saturated carbocycles. The van der Waals surface area contributed by atoms with Gasteiger partial charge in [-0.05, 0) is 42.2 Å². The Morgan fingerprint density at radius 1 is 1.05 bits per heavy atom. The molecule has 1 atom stereocenters. The van der Waals surface area contributed by atoms with Gasteiger partial charge in [0.1, 0.15) is 5.75 Å². The van der Waals surface area contributed by atoms with E-state index in [-0.39, 0.29) is 0 Å². The molecule has 2 heteroatoms. The maximum absolute atomic E-state index is 5.27. The number of rotatable bonds is 6. The van der Waals surface area contributed by atoms with E-state index in [1.54, 1.807) is 7.11 Å². The van der Waals surface area contributed by atoms with Crippen LogP contribution in [0.4, 0.5) is 0 Å². The third-order valence-corrected chi connectivity index (χ3v) is 3.64. The monoisotopic (exact) mass is 269 g/mol.